The summed E-state index contributed by atoms with van der Waals surface area (Å²) in [6, 6.07) is 3.93. The predicted octanol–water partition coefficient (Wildman–Crippen LogP) is 3.65. The van der Waals surface area contributed by atoms with Gasteiger partial charge in [0, 0.05) is 11.4 Å². The van der Waals surface area contributed by atoms with E-state index < -0.39 is 11.7 Å². The summed E-state index contributed by atoms with van der Waals surface area (Å²) < 4.78 is 41.4. The highest BCUT2D eigenvalue weighted by Crippen LogP contribution is 2.36. The zero-order valence-corrected chi connectivity index (χ0v) is 16.4. The Morgan fingerprint density at radius 3 is 2.15 bits per heavy atom. The van der Waals surface area contributed by atoms with Crippen molar-refractivity contribution in [2.75, 3.05) is 39.3 Å². The quantitative estimate of drug-likeness (QED) is 0.277. The van der Waals surface area contributed by atoms with E-state index in [2.05, 4.69) is 15.4 Å². The number of alkyl halides is 3. The van der Waals surface area contributed by atoms with Gasteiger partial charge in [-0.2, -0.15) is 13.2 Å². The van der Waals surface area contributed by atoms with Crippen LogP contribution in [0.25, 0.3) is 0 Å². The van der Waals surface area contributed by atoms with Gasteiger partial charge in [-0.05, 0) is 88.6 Å². The van der Waals surface area contributed by atoms with Gasteiger partial charge in [-0.25, -0.2) is 0 Å². The number of unbranched alkanes of at least 4 members (excludes halogenated alkanes) is 1. The maximum atomic E-state index is 12.8. The Balaban J connectivity index is 2.03. The highest BCUT2D eigenvalue weighted by Gasteiger charge is 2.33. The fourth-order valence-corrected chi connectivity index (χ4v) is 3.13. The Hall–Kier alpha value is -0.510. The molecular weight excluding hydrogens is 385 g/mol. The van der Waals surface area contributed by atoms with Crippen molar-refractivity contribution < 1.29 is 13.2 Å². The fraction of sp³-hybridized carbons (Fsp3) is 0.647. The van der Waals surface area contributed by atoms with Crippen molar-refractivity contribution in [3.63, 3.8) is 0 Å². The molecule has 0 saturated heterocycles. The van der Waals surface area contributed by atoms with E-state index in [0.717, 1.165) is 64.5 Å². The summed E-state index contributed by atoms with van der Waals surface area (Å²) in [5.74, 6) is 0. The Morgan fingerprint density at radius 1 is 0.923 bits per heavy atom. The standard InChI is InChI=1S/C17H28ClF3N4S/c18-16-6-5-14(13-15(16)17(19,20)21)26-25-12-4-11-24-9-2-1-8-23-10-3-7-22/h5-6,13,23-25H,1-4,7-12,22H2. The first-order valence-electron chi connectivity index (χ1n) is 8.83. The zero-order chi connectivity index (χ0) is 19.3. The average molecular weight is 413 g/mol. The molecule has 1 rings (SSSR count). The predicted molar refractivity (Wildman–Crippen MR) is 104 cm³/mol. The van der Waals surface area contributed by atoms with E-state index in [1.807, 2.05) is 0 Å². The molecule has 0 unspecified atom stereocenters. The van der Waals surface area contributed by atoms with E-state index in [1.54, 1.807) is 6.07 Å². The summed E-state index contributed by atoms with van der Waals surface area (Å²) in [6.07, 6.45) is -0.275. The lowest BCUT2D eigenvalue weighted by Crippen LogP contribution is -2.22. The second kappa shape index (κ2) is 13.6. The molecule has 0 aliphatic heterocycles. The first-order valence-corrected chi connectivity index (χ1v) is 10.0. The van der Waals surface area contributed by atoms with Crippen molar-refractivity contribution >= 4 is 23.5 Å². The van der Waals surface area contributed by atoms with Gasteiger partial charge in [0.2, 0.25) is 0 Å². The molecule has 0 heterocycles. The third-order valence-electron chi connectivity index (χ3n) is 3.58. The molecule has 0 amide bonds. The van der Waals surface area contributed by atoms with Crippen molar-refractivity contribution in [1.29, 1.82) is 0 Å². The van der Waals surface area contributed by atoms with Crippen LogP contribution in [0.5, 0.6) is 0 Å². The Morgan fingerprint density at radius 2 is 1.54 bits per heavy atom. The highest BCUT2D eigenvalue weighted by atomic mass is 35.5. The van der Waals surface area contributed by atoms with E-state index >= 15 is 0 Å². The number of benzene rings is 1. The molecule has 0 atom stereocenters. The van der Waals surface area contributed by atoms with Gasteiger partial charge in [0.1, 0.15) is 0 Å². The second-order valence-electron chi connectivity index (χ2n) is 5.84. The fourth-order valence-electron chi connectivity index (χ4n) is 2.18. The van der Waals surface area contributed by atoms with Crippen molar-refractivity contribution in [3.05, 3.63) is 28.8 Å². The van der Waals surface area contributed by atoms with Gasteiger partial charge in [-0.3, -0.25) is 4.72 Å². The molecule has 0 radical (unpaired) electrons. The number of nitrogens with two attached hydrogens (primary N) is 1. The van der Waals surface area contributed by atoms with Crippen LogP contribution in [-0.4, -0.2) is 39.3 Å². The Kier molecular flexibility index (Phi) is 12.3. The van der Waals surface area contributed by atoms with E-state index in [0.29, 0.717) is 11.4 Å². The minimum Gasteiger partial charge on any atom is -0.330 e. The molecule has 0 bridgehead atoms. The topological polar surface area (TPSA) is 62.1 Å². The molecule has 1 aromatic rings. The van der Waals surface area contributed by atoms with Crippen LogP contribution in [0.1, 0.15) is 31.2 Å². The average Bonchev–Trinajstić information content (AvgIpc) is 2.59. The third-order valence-corrected chi connectivity index (χ3v) is 4.75. The number of hydrogen-bond donors (Lipinski definition) is 4. The minimum absolute atomic E-state index is 0.277. The molecule has 5 N–H and O–H groups in total. The van der Waals surface area contributed by atoms with Crippen molar-refractivity contribution in [2.45, 2.75) is 36.8 Å². The summed E-state index contributed by atoms with van der Waals surface area (Å²) >= 11 is 6.79. The lowest BCUT2D eigenvalue weighted by atomic mass is 10.2. The van der Waals surface area contributed by atoms with Crippen LogP contribution in [-0.2, 0) is 6.18 Å². The molecule has 0 aliphatic rings. The molecule has 0 aliphatic carbocycles. The lowest BCUT2D eigenvalue weighted by Gasteiger charge is -2.11. The molecule has 4 nitrogen and oxygen atoms in total. The molecular formula is C17H28ClF3N4S. The van der Waals surface area contributed by atoms with Crippen molar-refractivity contribution in [2.24, 2.45) is 5.73 Å². The largest absolute Gasteiger partial charge is 0.417 e. The molecule has 0 fully saturated rings. The summed E-state index contributed by atoms with van der Waals surface area (Å²) in [4.78, 5) is 0.497. The van der Waals surface area contributed by atoms with Gasteiger partial charge >= 0.3 is 6.18 Å². The van der Waals surface area contributed by atoms with Crippen molar-refractivity contribution in [3.8, 4) is 0 Å². The van der Waals surface area contributed by atoms with Crippen LogP contribution in [0.2, 0.25) is 5.02 Å². The summed E-state index contributed by atoms with van der Waals surface area (Å²) in [7, 11) is 0. The highest BCUT2D eigenvalue weighted by molar-refractivity contribution is 7.97. The maximum Gasteiger partial charge on any atom is 0.417 e. The third kappa shape index (κ3) is 10.6. The minimum atomic E-state index is -4.43. The molecule has 9 heteroatoms. The van der Waals surface area contributed by atoms with Crippen LogP contribution < -0.4 is 21.1 Å². The van der Waals surface area contributed by atoms with Gasteiger partial charge in [0.05, 0.1) is 10.6 Å². The van der Waals surface area contributed by atoms with E-state index in [-0.39, 0.29) is 5.02 Å². The van der Waals surface area contributed by atoms with Crippen molar-refractivity contribution in [1.82, 2.24) is 15.4 Å². The zero-order valence-electron chi connectivity index (χ0n) is 14.8. The number of nitrogens with one attached hydrogen (secondary N) is 3. The van der Waals surface area contributed by atoms with Gasteiger partial charge in [0.15, 0.2) is 0 Å². The van der Waals surface area contributed by atoms with Crippen LogP contribution >= 0.6 is 23.5 Å². The SMILES string of the molecule is NCCCNCCCCNCCCNSc1ccc(Cl)c(C(F)(F)F)c1. The smallest absolute Gasteiger partial charge is 0.330 e. The maximum absolute atomic E-state index is 12.8. The van der Waals surface area contributed by atoms with Crippen LogP contribution in [0.15, 0.2) is 23.1 Å². The van der Waals surface area contributed by atoms with Crippen LogP contribution in [0.3, 0.4) is 0 Å². The van der Waals surface area contributed by atoms with E-state index in [9.17, 15) is 13.2 Å². The summed E-state index contributed by atoms with van der Waals surface area (Å²) in [5.41, 5.74) is 4.61. The number of halogens is 4. The number of rotatable bonds is 14. The molecule has 26 heavy (non-hydrogen) atoms. The van der Waals surface area contributed by atoms with E-state index in [1.165, 1.54) is 18.0 Å². The molecule has 150 valence electrons. The van der Waals surface area contributed by atoms with Gasteiger partial charge in [0.25, 0.3) is 0 Å². The second-order valence-corrected chi connectivity index (χ2v) is 7.21. The summed E-state index contributed by atoms with van der Waals surface area (Å²) in [6.45, 7) is 5.28. The number of hydrogen-bond acceptors (Lipinski definition) is 5. The summed E-state index contributed by atoms with van der Waals surface area (Å²) in [5, 5.41) is 6.42. The first-order chi connectivity index (χ1) is 12.4. The van der Waals surface area contributed by atoms with Gasteiger partial charge in [-0.15, -0.1) is 0 Å². The van der Waals surface area contributed by atoms with Crippen LogP contribution in [0, 0.1) is 0 Å². The Labute approximate surface area is 162 Å². The molecule has 0 aromatic heterocycles. The molecule has 0 spiro atoms. The van der Waals surface area contributed by atoms with Crippen LogP contribution in [0.4, 0.5) is 13.2 Å². The Bertz CT molecular complexity index is 503. The lowest BCUT2D eigenvalue weighted by molar-refractivity contribution is -0.137. The van der Waals surface area contributed by atoms with Gasteiger partial charge < -0.3 is 16.4 Å². The molecule has 0 saturated carbocycles. The van der Waals surface area contributed by atoms with E-state index in [4.69, 9.17) is 17.3 Å². The van der Waals surface area contributed by atoms with Gasteiger partial charge in [-0.1, -0.05) is 11.6 Å². The monoisotopic (exact) mass is 412 g/mol. The molecule has 1 aromatic carbocycles. The normalized spacial score (nSPS) is 11.9. The first kappa shape index (κ1) is 23.5.